The molecule has 1 heterocycles. The fourth-order valence-corrected chi connectivity index (χ4v) is 3.60. The molecule has 1 aliphatic carbocycles. The van der Waals surface area contributed by atoms with Crippen molar-refractivity contribution in [2.45, 2.75) is 57.8 Å². The zero-order valence-corrected chi connectivity index (χ0v) is 13.4. The van der Waals surface area contributed by atoms with Gasteiger partial charge in [-0.15, -0.1) is 0 Å². The highest BCUT2D eigenvalue weighted by Gasteiger charge is 2.38. The van der Waals surface area contributed by atoms with Crippen molar-refractivity contribution in [1.82, 2.24) is 0 Å². The highest BCUT2D eigenvalue weighted by atomic mass is 16.5. The Hall–Kier alpha value is -1.75. The molecule has 2 nitrogen and oxygen atoms in total. The first-order valence-electron chi connectivity index (χ1n) is 7.76. The van der Waals surface area contributed by atoms with Gasteiger partial charge >= 0.3 is 0 Å². The van der Waals surface area contributed by atoms with Crippen LogP contribution in [0.15, 0.2) is 18.2 Å². The highest BCUT2D eigenvalue weighted by molar-refractivity contribution is 5.75. The maximum absolute atomic E-state index is 9.00. The lowest BCUT2D eigenvalue weighted by Crippen LogP contribution is -2.34. The lowest BCUT2D eigenvalue weighted by Gasteiger charge is -2.42. The van der Waals surface area contributed by atoms with Crippen LogP contribution in [-0.2, 0) is 10.8 Å². The smallest absolute Gasteiger partial charge is 0.127 e. The van der Waals surface area contributed by atoms with Gasteiger partial charge in [0.15, 0.2) is 0 Å². The number of hydrogen-bond acceptors (Lipinski definition) is 2. The van der Waals surface area contributed by atoms with Crippen molar-refractivity contribution >= 4 is 5.57 Å². The van der Waals surface area contributed by atoms with Gasteiger partial charge in [-0.25, -0.2) is 0 Å². The summed E-state index contributed by atoms with van der Waals surface area (Å²) in [6.45, 7) is 9.96. The van der Waals surface area contributed by atoms with Gasteiger partial charge in [0, 0.05) is 18.1 Å². The Morgan fingerprint density at radius 1 is 1.10 bits per heavy atom. The van der Waals surface area contributed by atoms with E-state index in [1.807, 2.05) is 0 Å². The summed E-state index contributed by atoms with van der Waals surface area (Å²) < 4.78 is 5.88. The molecule has 0 spiro atoms. The van der Waals surface area contributed by atoms with E-state index in [-0.39, 0.29) is 10.8 Å². The molecule has 1 aromatic carbocycles. The third-order valence-corrected chi connectivity index (χ3v) is 5.17. The van der Waals surface area contributed by atoms with Crippen molar-refractivity contribution in [3.05, 3.63) is 34.9 Å². The van der Waals surface area contributed by atoms with Crippen molar-refractivity contribution in [2.24, 2.45) is 0 Å². The summed E-state index contributed by atoms with van der Waals surface area (Å²) in [6.07, 6.45) is 4.90. The molecule has 0 aromatic heterocycles. The zero-order chi connectivity index (χ0) is 15.3. The van der Waals surface area contributed by atoms with Crippen LogP contribution in [0, 0.1) is 11.3 Å². The van der Waals surface area contributed by atoms with E-state index in [2.05, 4.69) is 45.9 Å². The van der Waals surface area contributed by atoms with Crippen LogP contribution in [0.5, 0.6) is 5.75 Å². The third-order valence-electron chi connectivity index (χ3n) is 5.17. The summed E-state index contributed by atoms with van der Waals surface area (Å²) in [5.41, 5.74) is 5.45. The molecule has 0 fully saturated rings. The molecule has 0 unspecified atom stereocenters. The van der Waals surface area contributed by atoms with Gasteiger partial charge in [-0.1, -0.05) is 27.7 Å². The lowest BCUT2D eigenvalue weighted by atomic mass is 9.62. The minimum Gasteiger partial charge on any atom is -0.493 e. The van der Waals surface area contributed by atoms with Crippen LogP contribution >= 0.6 is 0 Å². The first kappa shape index (κ1) is 14.2. The van der Waals surface area contributed by atoms with Crippen LogP contribution < -0.4 is 4.74 Å². The molecule has 0 atom stereocenters. The molecular formula is C19H23NO. The van der Waals surface area contributed by atoms with E-state index in [4.69, 9.17) is 10.00 Å². The average molecular weight is 281 g/mol. The van der Waals surface area contributed by atoms with Gasteiger partial charge in [0.2, 0.25) is 0 Å². The van der Waals surface area contributed by atoms with E-state index in [1.54, 1.807) is 6.08 Å². The van der Waals surface area contributed by atoms with Crippen LogP contribution in [0.2, 0.25) is 0 Å². The molecule has 2 heteroatoms. The Morgan fingerprint density at radius 2 is 1.71 bits per heavy atom. The summed E-state index contributed by atoms with van der Waals surface area (Å²) in [5.74, 6) is 0.951. The van der Waals surface area contributed by atoms with Gasteiger partial charge in [0.1, 0.15) is 5.75 Å². The molecule has 1 aromatic rings. The van der Waals surface area contributed by atoms with Crippen molar-refractivity contribution in [3.8, 4) is 11.8 Å². The highest BCUT2D eigenvalue weighted by Crippen LogP contribution is 2.49. The van der Waals surface area contributed by atoms with Gasteiger partial charge < -0.3 is 4.74 Å². The maximum Gasteiger partial charge on any atom is 0.127 e. The number of rotatable bonds is 0. The minimum atomic E-state index is 0.190. The first-order chi connectivity index (χ1) is 9.85. The predicted octanol–water partition coefficient (Wildman–Crippen LogP) is 4.73. The van der Waals surface area contributed by atoms with E-state index in [0.717, 1.165) is 23.3 Å². The summed E-state index contributed by atoms with van der Waals surface area (Å²) in [4.78, 5) is 0. The average Bonchev–Trinajstić information content (AvgIpc) is 2.44. The van der Waals surface area contributed by atoms with E-state index in [1.165, 1.54) is 24.0 Å². The molecular weight excluding hydrogens is 258 g/mol. The molecule has 0 radical (unpaired) electrons. The molecule has 0 N–H and O–H groups in total. The Kier molecular flexibility index (Phi) is 3.13. The van der Waals surface area contributed by atoms with E-state index >= 15 is 0 Å². The van der Waals surface area contributed by atoms with E-state index in [9.17, 15) is 0 Å². The van der Waals surface area contributed by atoms with Crippen LogP contribution in [0.25, 0.3) is 5.57 Å². The minimum absolute atomic E-state index is 0.190. The largest absolute Gasteiger partial charge is 0.493 e. The molecule has 0 saturated heterocycles. The van der Waals surface area contributed by atoms with Crippen molar-refractivity contribution in [3.63, 3.8) is 0 Å². The lowest BCUT2D eigenvalue weighted by molar-refractivity contribution is 0.305. The number of allylic oxidation sites excluding steroid dienone is 1. The number of nitriles is 1. The van der Waals surface area contributed by atoms with Gasteiger partial charge in [0.05, 0.1) is 12.7 Å². The monoisotopic (exact) mass is 281 g/mol. The number of benzene rings is 1. The van der Waals surface area contributed by atoms with E-state index in [0.29, 0.717) is 6.61 Å². The Morgan fingerprint density at radius 3 is 2.33 bits per heavy atom. The zero-order valence-electron chi connectivity index (χ0n) is 13.4. The van der Waals surface area contributed by atoms with Crippen molar-refractivity contribution < 1.29 is 4.74 Å². The molecule has 21 heavy (non-hydrogen) atoms. The number of hydrogen-bond donors (Lipinski definition) is 0. The molecule has 0 amide bonds. The standard InChI is InChI=1S/C19H23NO/c1-18(2)7-8-19(3,4)16-12-17-14(11-15(16)18)13(5-9-20)6-10-21-17/h5,11-12H,6-8,10H2,1-4H3/b13-5+. The number of nitrogens with zero attached hydrogens (tertiary/aromatic N) is 1. The first-order valence-corrected chi connectivity index (χ1v) is 7.76. The van der Waals surface area contributed by atoms with Crippen LogP contribution in [0.1, 0.15) is 63.6 Å². The van der Waals surface area contributed by atoms with Crippen molar-refractivity contribution in [1.29, 1.82) is 5.26 Å². The van der Waals surface area contributed by atoms with Gasteiger partial charge in [-0.2, -0.15) is 5.26 Å². The second-order valence-corrected chi connectivity index (χ2v) is 7.56. The molecule has 2 aliphatic rings. The van der Waals surface area contributed by atoms with Crippen LogP contribution in [0.3, 0.4) is 0 Å². The van der Waals surface area contributed by atoms with Crippen LogP contribution in [-0.4, -0.2) is 6.61 Å². The summed E-state index contributed by atoms with van der Waals surface area (Å²) in [7, 11) is 0. The molecule has 110 valence electrons. The second-order valence-electron chi connectivity index (χ2n) is 7.56. The Bertz CT molecular complexity index is 659. The second kappa shape index (κ2) is 4.63. The topological polar surface area (TPSA) is 33.0 Å². The third kappa shape index (κ3) is 2.25. The van der Waals surface area contributed by atoms with Crippen molar-refractivity contribution in [2.75, 3.05) is 6.61 Å². The van der Waals surface area contributed by atoms with E-state index < -0.39 is 0 Å². The fraction of sp³-hybridized carbons (Fsp3) is 0.526. The van der Waals surface area contributed by atoms with Gasteiger partial charge in [0.25, 0.3) is 0 Å². The summed E-state index contributed by atoms with van der Waals surface area (Å²) in [5, 5.41) is 9.00. The molecule has 0 saturated carbocycles. The molecule has 1 aliphatic heterocycles. The fourth-order valence-electron chi connectivity index (χ4n) is 3.60. The Labute approximate surface area is 127 Å². The number of fused-ring (bicyclic) bond motifs is 2. The van der Waals surface area contributed by atoms with Gasteiger partial charge in [-0.3, -0.25) is 0 Å². The van der Waals surface area contributed by atoms with Crippen LogP contribution in [0.4, 0.5) is 0 Å². The molecule has 0 bridgehead atoms. The summed E-state index contributed by atoms with van der Waals surface area (Å²) >= 11 is 0. The maximum atomic E-state index is 9.00. The normalized spacial score (nSPS) is 23.7. The molecule has 3 rings (SSSR count). The quantitative estimate of drug-likeness (QED) is 0.644. The number of ether oxygens (including phenoxy) is 1. The Balaban J connectivity index is 2.25. The SMILES string of the molecule is CC1(C)CCC(C)(C)c2cc3c(cc21)OCC/C3=C\C#N. The predicted molar refractivity (Wildman–Crippen MR) is 85.4 cm³/mol. The van der Waals surface area contributed by atoms with Gasteiger partial charge in [-0.05, 0) is 52.5 Å². The summed E-state index contributed by atoms with van der Waals surface area (Å²) in [6, 6.07) is 6.70.